The first-order valence-corrected chi connectivity index (χ1v) is 10.2. The Morgan fingerprint density at radius 1 is 1.30 bits per heavy atom. The number of aromatic nitrogens is 3. The Balaban J connectivity index is 1.73. The molecule has 2 atom stereocenters. The lowest BCUT2D eigenvalue weighted by molar-refractivity contribution is 0.455. The summed E-state index contributed by atoms with van der Waals surface area (Å²) < 4.78 is 15.6. The number of nitrogens with two attached hydrogens (primary N) is 1. The molecule has 142 valence electrons. The maximum Gasteiger partial charge on any atom is 0.165 e. The summed E-state index contributed by atoms with van der Waals surface area (Å²) >= 11 is 0. The van der Waals surface area contributed by atoms with Crippen molar-refractivity contribution in [3.05, 3.63) is 42.2 Å². The van der Waals surface area contributed by atoms with E-state index >= 15 is 0 Å². The third-order valence-corrected chi connectivity index (χ3v) is 6.27. The third kappa shape index (κ3) is 3.47. The highest BCUT2D eigenvalue weighted by atomic mass is 32.2. The monoisotopic (exact) mass is 384 g/mol. The number of hydrogen-bond donors (Lipinski definition) is 2. The van der Waals surface area contributed by atoms with Crippen molar-refractivity contribution in [1.29, 1.82) is 0 Å². The molecule has 2 aromatic heterocycles. The number of anilines is 1. The number of nitrogens with zero attached hydrogens (tertiary/aromatic N) is 4. The van der Waals surface area contributed by atoms with Crippen LogP contribution in [-0.2, 0) is 11.0 Å². The van der Waals surface area contributed by atoms with Crippen LogP contribution in [0.15, 0.2) is 41.4 Å². The summed E-state index contributed by atoms with van der Waals surface area (Å²) in [6.07, 6.45) is 4.05. The van der Waals surface area contributed by atoms with E-state index in [1.165, 1.54) is 0 Å². The van der Waals surface area contributed by atoms with Crippen molar-refractivity contribution >= 4 is 22.5 Å². The van der Waals surface area contributed by atoms with Crippen molar-refractivity contribution in [1.82, 2.24) is 24.2 Å². The Bertz CT molecular complexity index is 976. The van der Waals surface area contributed by atoms with Gasteiger partial charge in [0, 0.05) is 24.1 Å². The van der Waals surface area contributed by atoms with Gasteiger partial charge in [-0.3, -0.25) is 0 Å². The van der Waals surface area contributed by atoms with Gasteiger partial charge in [-0.15, -0.1) is 0 Å². The molecule has 0 spiro atoms. The molecule has 0 radical (unpaired) electrons. The molecule has 2 unspecified atom stereocenters. The molecule has 27 heavy (non-hydrogen) atoms. The summed E-state index contributed by atoms with van der Waals surface area (Å²) in [6.45, 7) is 1.99. The minimum atomic E-state index is -1.16. The van der Waals surface area contributed by atoms with E-state index in [1.54, 1.807) is 29.1 Å². The molecule has 4 rings (SSSR count). The van der Waals surface area contributed by atoms with Gasteiger partial charge in [-0.2, -0.15) is 9.61 Å². The fourth-order valence-corrected chi connectivity index (χ4v) is 4.28. The van der Waals surface area contributed by atoms with E-state index in [2.05, 4.69) is 10.4 Å². The first-order chi connectivity index (χ1) is 13.0. The fraction of sp³-hybridized carbons (Fsp3) is 0.368. The lowest BCUT2D eigenvalue weighted by atomic mass is 9.96. The Morgan fingerprint density at radius 2 is 2.07 bits per heavy atom. The van der Waals surface area contributed by atoms with Gasteiger partial charge < -0.3 is 11.1 Å². The molecule has 0 aliphatic carbocycles. The first-order valence-electron chi connectivity index (χ1n) is 9.09. The molecule has 8 heteroatoms. The van der Waals surface area contributed by atoms with Crippen LogP contribution in [0.2, 0.25) is 0 Å². The highest BCUT2D eigenvalue weighted by Crippen LogP contribution is 2.29. The molecule has 0 amide bonds. The van der Waals surface area contributed by atoms with Gasteiger partial charge in [0.25, 0.3) is 0 Å². The van der Waals surface area contributed by atoms with Crippen LogP contribution < -0.4 is 11.1 Å². The van der Waals surface area contributed by atoms with Crippen LogP contribution in [0.25, 0.3) is 16.8 Å². The minimum Gasteiger partial charge on any atom is -0.384 e. The highest BCUT2D eigenvalue weighted by Gasteiger charge is 2.20. The van der Waals surface area contributed by atoms with Gasteiger partial charge in [0.2, 0.25) is 0 Å². The third-order valence-electron chi connectivity index (χ3n) is 4.93. The predicted molar refractivity (Wildman–Crippen MR) is 108 cm³/mol. The van der Waals surface area contributed by atoms with Crippen LogP contribution in [0.3, 0.4) is 0 Å². The second kappa shape index (κ2) is 7.38. The Hall–Kier alpha value is -2.29. The summed E-state index contributed by atoms with van der Waals surface area (Å²) in [5, 5.41) is 7.84. The van der Waals surface area contributed by atoms with Gasteiger partial charge in [0.15, 0.2) is 5.65 Å². The predicted octanol–water partition coefficient (Wildman–Crippen LogP) is 2.03. The van der Waals surface area contributed by atoms with E-state index in [9.17, 15) is 4.21 Å². The zero-order valence-corrected chi connectivity index (χ0v) is 16.4. The maximum absolute atomic E-state index is 12.2. The van der Waals surface area contributed by atoms with E-state index in [0.29, 0.717) is 11.7 Å². The van der Waals surface area contributed by atoms with Gasteiger partial charge in [-0.05, 0) is 51.2 Å². The number of piperidine rings is 1. The van der Waals surface area contributed by atoms with Crippen molar-refractivity contribution in [2.75, 3.05) is 32.9 Å². The molecule has 0 saturated carbocycles. The summed E-state index contributed by atoms with van der Waals surface area (Å²) in [5.41, 5.74) is 9.93. The largest absolute Gasteiger partial charge is 0.384 e. The zero-order valence-electron chi connectivity index (χ0n) is 15.6. The van der Waals surface area contributed by atoms with Crippen molar-refractivity contribution in [3.63, 3.8) is 0 Å². The van der Waals surface area contributed by atoms with Gasteiger partial charge in [0.05, 0.1) is 16.8 Å². The average molecular weight is 385 g/mol. The lowest BCUT2D eigenvalue weighted by Crippen LogP contribution is -2.29. The Kier molecular flexibility index (Phi) is 4.94. The number of nitrogens with one attached hydrogen (secondary N) is 1. The van der Waals surface area contributed by atoms with Crippen molar-refractivity contribution < 1.29 is 4.21 Å². The average Bonchev–Trinajstić information content (AvgIpc) is 3.13. The molecule has 1 aromatic carbocycles. The highest BCUT2D eigenvalue weighted by molar-refractivity contribution is 7.82. The molecule has 1 fully saturated rings. The van der Waals surface area contributed by atoms with Crippen LogP contribution in [0.4, 0.5) is 5.82 Å². The topological polar surface area (TPSA) is 88.5 Å². The van der Waals surface area contributed by atoms with Gasteiger partial charge in [-0.1, -0.05) is 12.1 Å². The second-order valence-electron chi connectivity index (χ2n) is 7.03. The molecule has 1 aliphatic heterocycles. The van der Waals surface area contributed by atoms with Crippen LogP contribution in [-0.4, -0.2) is 50.3 Å². The Morgan fingerprint density at radius 3 is 2.74 bits per heavy atom. The van der Waals surface area contributed by atoms with E-state index in [4.69, 9.17) is 10.7 Å². The van der Waals surface area contributed by atoms with Crippen molar-refractivity contribution in [2.45, 2.75) is 23.7 Å². The standard InChI is InChI=1S/C19H24N6OS/c1-24(2)27(26)15-7-5-13(6-8-15)16-12-22-25-18(20)10-17(23-19(16)25)14-4-3-9-21-11-14/h5-8,10,12,14,21H,3-4,9,11,20H2,1-2H3. The molecule has 3 aromatic rings. The molecular weight excluding hydrogens is 360 g/mol. The summed E-state index contributed by atoms with van der Waals surface area (Å²) in [5.74, 6) is 0.968. The first kappa shape index (κ1) is 18.1. The second-order valence-corrected chi connectivity index (χ2v) is 8.73. The van der Waals surface area contributed by atoms with Crippen LogP contribution in [0, 0.1) is 0 Å². The molecular formula is C19H24N6OS. The van der Waals surface area contributed by atoms with E-state index in [1.807, 2.05) is 30.3 Å². The van der Waals surface area contributed by atoms with Crippen molar-refractivity contribution in [3.8, 4) is 11.1 Å². The molecule has 1 saturated heterocycles. The summed E-state index contributed by atoms with van der Waals surface area (Å²) in [6, 6.07) is 9.62. The molecule has 1 aliphatic rings. The quantitative estimate of drug-likeness (QED) is 0.719. The van der Waals surface area contributed by atoms with E-state index in [0.717, 1.165) is 53.3 Å². The lowest BCUT2D eigenvalue weighted by Gasteiger charge is -2.22. The minimum absolute atomic E-state index is 0.374. The van der Waals surface area contributed by atoms with Gasteiger partial charge in [-0.25, -0.2) is 13.5 Å². The zero-order chi connectivity index (χ0) is 19.0. The molecule has 7 nitrogen and oxygen atoms in total. The summed E-state index contributed by atoms with van der Waals surface area (Å²) in [4.78, 5) is 5.66. The van der Waals surface area contributed by atoms with Crippen molar-refractivity contribution in [2.24, 2.45) is 0 Å². The fourth-order valence-electron chi connectivity index (χ4n) is 3.48. The number of rotatable bonds is 4. The molecule has 0 bridgehead atoms. The number of benzene rings is 1. The van der Waals surface area contributed by atoms with Gasteiger partial charge in [0.1, 0.15) is 16.8 Å². The number of fused-ring (bicyclic) bond motifs is 1. The van der Waals surface area contributed by atoms with Crippen LogP contribution >= 0.6 is 0 Å². The number of hydrogen-bond acceptors (Lipinski definition) is 5. The van der Waals surface area contributed by atoms with E-state index in [-0.39, 0.29) is 0 Å². The van der Waals surface area contributed by atoms with Crippen LogP contribution in [0.1, 0.15) is 24.5 Å². The normalized spacial score (nSPS) is 18.9. The smallest absolute Gasteiger partial charge is 0.165 e. The van der Waals surface area contributed by atoms with E-state index < -0.39 is 11.0 Å². The number of nitrogen functional groups attached to an aromatic ring is 1. The SMILES string of the molecule is CN(C)S(=O)c1ccc(-c2cnn3c(N)cc(C4CCCNC4)nc23)cc1. The molecule has 3 heterocycles. The molecule has 3 N–H and O–H groups in total. The Labute approximate surface area is 161 Å². The maximum atomic E-state index is 12.2. The van der Waals surface area contributed by atoms with Gasteiger partial charge >= 0.3 is 0 Å². The van der Waals surface area contributed by atoms with Crippen LogP contribution in [0.5, 0.6) is 0 Å². The summed E-state index contributed by atoms with van der Waals surface area (Å²) in [7, 11) is 2.43.